The Hall–Kier alpha value is -3.79. The highest BCUT2D eigenvalue weighted by Crippen LogP contribution is 2.28. The first-order valence-corrected chi connectivity index (χ1v) is 13.4. The van der Waals surface area contributed by atoms with Crippen LogP contribution in [0.4, 0.5) is 4.39 Å². The van der Waals surface area contributed by atoms with Crippen LogP contribution in [-0.4, -0.2) is 49.4 Å². The van der Waals surface area contributed by atoms with Gasteiger partial charge in [0.05, 0.1) is 20.4 Å². The van der Waals surface area contributed by atoms with E-state index in [1.807, 2.05) is 24.5 Å². The molecule has 2 aromatic carbocycles. The standard InChI is InChI=1S/C28H30FN3O5S/c1-35-22-11-17(12-23(14-22)36-2)26(33)31-19-7-9-20(10-8-19)32-27(34)25-13-18(29)16-30-28(25)37-21-5-4-6-24(15-21)38-3/h4-6,11-16,19-20H,7-10H2,1-3H3,(H,31,33)(H,32,34). The first kappa shape index (κ1) is 27.3. The predicted molar refractivity (Wildman–Crippen MR) is 143 cm³/mol. The van der Waals surface area contributed by atoms with Gasteiger partial charge < -0.3 is 24.8 Å². The molecule has 38 heavy (non-hydrogen) atoms. The van der Waals surface area contributed by atoms with Crippen LogP contribution in [0.3, 0.4) is 0 Å². The summed E-state index contributed by atoms with van der Waals surface area (Å²) in [6.45, 7) is 0. The summed E-state index contributed by atoms with van der Waals surface area (Å²) < 4.78 is 30.3. The van der Waals surface area contributed by atoms with Crippen molar-refractivity contribution in [2.24, 2.45) is 0 Å². The normalized spacial score (nSPS) is 16.8. The zero-order chi connectivity index (χ0) is 27.1. The average molecular weight is 540 g/mol. The number of carbonyl (C=O) groups is 2. The lowest BCUT2D eigenvalue weighted by molar-refractivity contribution is 0.0889. The Morgan fingerprint density at radius 2 is 1.53 bits per heavy atom. The molecule has 8 nitrogen and oxygen atoms in total. The molecular formula is C28H30FN3O5S. The number of pyridine rings is 1. The Morgan fingerprint density at radius 1 is 0.895 bits per heavy atom. The highest BCUT2D eigenvalue weighted by atomic mass is 32.2. The van der Waals surface area contributed by atoms with Crippen LogP contribution in [-0.2, 0) is 0 Å². The number of carbonyl (C=O) groups excluding carboxylic acids is 2. The number of hydrogen-bond donors (Lipinski definition) is 2. The topological polar surface area (TPSA) is 98.8 Å². The largest absolute Gasteiger partial charge is 0.497 e. The van der Waals surface area contributed by atoms with Gasteiger partial charge in [-0.15, -0.1) is 11.8 Å². The van der Waals surface area contributed by atoms with Crippen LogP contribution >= 0.6 is 11.8 Å². The number of benzene rings is 2. The van der Waals surface area contributed by atoms with Crippen molar-refractivity contribution in [1.29, 1.82) is 0 Å². The molecule has 1 heterocycles. The van der Waals surface area contributed by atoms with Crippen LogP contribution in [0.2, 0.25) is 0 Å². The van der Waals surface area contributed by atoms with Gasteiger partial charge in [0, 0.05) is 28.6 Å². The molecule has 1 aliphatic carbocycles. The van der Waals surface area contributed by atoms with Gasteiger partial charge >= 0.3 is 0 Å². The molecule has 4 rings (SSSR count). The fraction of sp³-hybridized carbons (Fsp3) is 0.321. The SMILES string of the molecule is COc1cc(OC)cc(C(=O)NC2CCC(NC(=O)c3cc(F)cnc3Oc3cccc(SC)c3)CC2)c1. The van der Waals surface area contributed by atoms with E-state index < -0.39 is 11.7 Å². The molecule has 0 bridgehead atoms. The number of aromatic nitrogens is 1. The number of nitrogens with zero attached hydrogens (tertiary/aromatic N) is 1. The molecule has 0 unspecified atom stereocenters. The Bertz CT molecular complexity index is 1270. The molecule has 0 aliphatic heterocycles. The van der Waals surface area contributed by atoms with Crippen molar-refractivity contribution in [3.8, 4) is 23.1 Å². The quantitative estimate of drug-likeness (QED) is 0.360. The number of thioether (sulfide) groups is 1. The summed E-state index contributed by atoms with van der Waals surface area (Å²) in [6.07, 6.45) is 5.66. The van der Waals surface area contributed by atoms with Crippen molar-refractivity contribution in [3.05, 3.63) is 71.7 Å². The zero-order valence-corrected chi connectivity index (χ0v) is 22.3. The minimum atomic E-state index is -0.624. The number of nitrogens with one attached hydrogen (secondary N) is 2. The second-order valence-corrected chi connectivity index (χ2v) is 9.76. The van der Waals surface area contributed by atoms with Gasteiger partial charge in [-0.25, -0.2) is 9.37 Å². The third-order valence-corrected chi connectivity index (χ3v) is 7.05. The van der Waals surface area contributed by atoms with Crippen LogP contribution in [0.15, 0.2) is 59.6 Å². The van der Waals surface area contributed by atoms with Gasteiger partial charge in [-0.05, 0) is 68.3 Å². The lowest BCUT2D eigenvalue weighted by Crippen LogP contribution is -2.43. The molecule has 0 radical (unpaired) electrons. The molecule has 1 aliphatic rings. The Morgan fingerprint density at radius 3 is 2.13 bits per heavy atom. The highest BCUT2D eigenvalue weighted by molar-refractivity contribution is 7.98. The molecule has 10 heteroatoms. The van der Waals surface area contributed by atoms with Gasteiger partial charge in [-0.1, -0.05) is 6.07 Å². The van der Waals surface area contributed by atoms with Crippen LogP contribution in [0.5, 0.6) is 23.1 Å². The molecule has 0 spiro atoms. The van der Waals surface area contributed by atoms with E-state index in [0.717, 1.165) is 17.2 Å². The van der Waals surface area contributed by atoms with Crippen molar-refractivity contribution in [2.45, 2.75) is 42.7 Å². The van der Waals surface area contributed by atoms with Crippen LogP contribution in [0.1, 0.15) is 46.4 Å². The monoisotopic (exact) mass is 539 g/mol. The first-order chi connectivity index (χ1) is 18.4. The second kappa shape index (κ2) is 12.6. The number of methoxy groups -OCH3 is 2. The summed E-state index contributed by atoms with van der Waals surface area (Å²) in [7, 11) is 3.06. The molecule has 2 amide bonds. The van der Waals surface area contributed by atoms with E-state index in [1.165, 1.54) is 14.2 Å². The fourth-order valence-electron chi connectivity index (χ4n) is 4.30. The molecule has 1 fully saturated rings. The van der Waals surface area contributed by atoms with Crippen molar-refractivity contribution >= 4 is 23.6 Å². The van der Waals surface area contributed by atoms with Crippen molar-refractivity contribution in [3.63, 3.8) is 0 Å². The zero-order valence-electron chi connectivity index (χ0n) is 21.5. The van der Waals surface area contributed by atoms with Gasteiger partial charge in [0.25, 0.3) is 11.8 Å². The molecule has 1 aromatic heterocycles. The lowest BCUT2D eigenvalue weighted by atomic mass is 9.90. The highest BCUT2D eigenvalue weighted by Gasteiger charge is 2.26. The number of ether oxygens (including phenoxy) is 3. The van der Waals surface area contributed by atoms with Crippen LogP contribution < -0.4 is 24.8 Å². The van der Waals surface area contributed by atoms with Crippen molar-refractivity contribution in [1.82, 2.24) is 15.6 Å². The maximum atomic E-state index is 14.0. The minimum Gasteiger partial charge on any atom is -0.497 e. The molecule has 1 saturated carbocycles. The molecule has 0 atom stereocenters. The second-order valence-electron chi connectivity index (χ2n) is 8.88. The number of hydrogen-bond acceptors (Lipinski definition) is 7. The number of rotatable bonds is 9. The maximum Gasteiger partial charge on any atom is 0.257 e. The smallest absolute Gasteiger partial charge is 0.257 e. The summed E-state index contributed by atoms with van der Waals surface area (Å²) in [6, 6.07) is 13.4. The van der Waals surface area contributed by atoms with Crippen molar-refractivity contribution in [2.75, 3.05) is 20.5 Å². The predicted octanol–water partition coefficient (Wildman–Crippen LogP) is 5.22. The molecule has 0 saturated heterocycles. The molecular weight excluding hydrogens is 509 g/mol. The van der Waals surface area contributed by atoms with Crippen molar-refractivity contribution < 1.29 is 28.2 Å². The molecule has 200 valence electrons. The first-order valence-electron chi connectivity index (χ1n) is 12.2. The van der Waals surface area contributed by atoms with Gasteiger partial charge in [0.15, 0.2) is 0 Å². The Kier molecular flexibility index (Phi) is 9.06. The van der Waals surface area contributed by atoms with E-state index >= 15 is 0 Å². The van der Waals surface area contributed by atoms with Gasteiger partial charge in [0.1, 0.15) is 28.6 Å². The fourth-order valence-corrected chi connectivity index (χ4v) is 4.75. The average Bonchev–Trinajstić information content (AvgIpc) is 2.94. The van der Waals surface area contributed by atoms with Crippen LogP contribution in [0.25, 0.3) is 0 Å². The summed E-state index contributed by atoms with van der Waals surface area (Å²) in [4.78, 5) is 30.9. The molecule has 2 N–H and O–H groups in total. The summed E-state index contributed by atoms with van der Waals surface area (Å²) >= 11 is 1.56. The summed E-state index contributed by atoms with van der Waals surface area (Å²) in [5, 5.41) is 6.02. The van der Waals surface area contributed by atoms with E-state index in [2.05, 4.69) is 15.6 Å². The van der Waals surface area contributed by atoms with Gasteiger partial charge in [-0.3, -0.25) is 9.59 Å². The molecule has 3 aromatic rings. The third-order valence-electron chi connectivity index (χ3n) is 6.33. The van der Waals surface area contributed by atoms with E-state index in [4.69, 9.17) is 14.2 Å². The van der Waals surface area contributed by atoms with Gasteiger partial charge in [0.2, 0.25) is 5.88 Å². The number of amides is 2. The summed E-state index contributed by atoms with van der Waals surface area (Å²) in [5.41, 5.74) is 0.479. The van der Waals surface area contributed by atoms with E-state index in [0.29, 0.717) is 48.5 Å². The maximum absolute atomic E-state index is 14.0. The summed E-state index contributed by atoms with van der Waals surface area (Å²) in [5.74, 6) is 0.325. The minimum absolute atomic E-state index is 0.0296. The van der Waals surface area contributed by atoms with E-state index in [1.54, 1.807) is 36.0 Å². The number of halogens is 1. The van der Waals surface area contributed by atoms with E-state index in [-0.39, 0.29) is 29.4 Å². The van der Waals surface area contributed by atoms with Crippen LogP contribution in [0, 0.1) is 5.82 Å². The third kappa shape index (κ3) is 6.95. The lowest BCUT2D eigenvalue weighted by Gasteiger charge is -2.29. The Balaban J connectivity index is 1.35. The van der Waals surface area contributed by atoms with E-state index in [9.17, 15) is 14.0 Å². The Labute approximate surface area is 225 Å². The van der Waals surface area contributed by atoms with Gasteiger partial charge in [-0.2, -0.15) is 0 Å².